The van der Waals surface area contributed by atoms with Crippen LogP contribution in [0.15, 0.2) is 12.1 Å². The summed E-state index contributed by atoms with van der Waals surface area (Å²) in [5.74, 6) is 0.143. The Hall–Kier alpha value is -1.63. The van der Waals surface area contributed by atoms with E-state index >= 15 is 0 Å². The van der Waals surface area contributed by atoms with Gasteiger partial charge >= 0.3 is 6.18 Å². The van der Waals surface area contributed by atoms with Crippen LogP contribution < -0.4 is 5.32 Å². The van der Waals surface area contributed by atoms with E-state index in [-0.39, 0.29) is 17.2 Å². The molecular formula is C15H20F3N3O. The largest absolute Gasteiger partial charge is 0.433 e. The van der Waals surface area contributed by atoms with Gasteiger partial charge in [-0.3, -0.25) is 4.79 Å². The molecule has 0 aliphatic carbocycles. The van der Waals surface area contributed by atoms with Gasteiger partial charge in [-0.25, -0.2) is 4.98 Å². The Morgan fingerprint density at radius 2 is 2.18 bits per heavy atom. The summed E-state index contributed by atoms with van der Waals surface area (Å²) in [5, 5.41) is 3.10. The molecule has 0 saturated carbocycles. The average Bonchev–Trinajstić information content (AvgIpc) is 2.46. The molecule has 4 nitrogen and oxygen atoms in total. The molecule has 1 amide bonds. The second kappa shape index (κ2) is 6.64. The van der Waals surface area contributed by atoms with E-state index in [0.29, 0.717) is 19.0 Å². The third kappa shape index (κ3) is 3.76. The maximum Gasteiger partial charge on any atom is 0.433 e. The molecular weight excluding hydrogens is 295 g/mol. The van der Waals surface area contributed by atoms with Crippen molar-refractivity contribution in [3.63, 3.8) is 0 Å². The molecule has 1 saturated heterocycles. The predicted molar refractivity (Wildman–Crippen MR) is 76.5 cm³/mol. The van der Waals surface area contributed by atoms with Gasteiger partial charge in [0.2, 0.25) is 0 Å². The zero-order valence-corrected chi connectivity index (χ0v) is 12.7. The van der Waals surface area contributed by atoms with Crippen molar-refractivity contribution in [2.45, 2.75) is 25.9 Å². The van der Waals surface area contributed by atoms with Gasteiger partial charge in [0, 0.05) is 13.1 Å². The molecule has 1 fully saturated rings. The monoisotopic (exact) mass is 315 g/mol. The molecule has 0 spiro atoms. The van der Waals surface area contributed by atoms with E-state index < -0.39 is 11.9 Å². The van der Waals surface area contributed by atoms with Gasteiger partial charge < -0.3 is 10.2 Å². The molecule has 1 aliphatic heterocycles. The van der Waals surface area contributed by atoms with E-state index in [1.165, 1.54) is 13.0 Å². The number of halogens is 3. The van der Waals surface area contributed by atoms with Crippen LogP contribution in [0, 0.1) is 12.8 Å². The number of piperidine rings is 1. The van der Waals surface area contributed by atoms with Crippen molar-refractivity contribution in [3.8, 4) is 0 Å². The lowest BCUT2D eigenvalue weighted by Crippen LogP contribution is -2.42. The van der Waals surface area contributed by atoms with Crippen LogP contribution in [0.4, 0.5) is 13.2 Å². The third-order valence-corrected chi connectivity index (χ3v) is 3.91. The van der Waals surface area contributed by atoms with Crippen LogP contribution in [0.5, 0.6) is 0 Å². The first-order valence-corrected chi connectivity index (χ1v) is 7.31. The molecule has 7 heteroatoms. The fraction of sp³-hybridized carbons (Fsp3) is 0.600. The molecule has 1 unspecified atom stereocenters. The first-order chi connectivity index (χ1) is 10.3. The highest BCUT2D eigenvalue weighted by molar-refractivity contribution is 5.95. The van der Waals surface area contributed by atoms with Crippen molar-refractivity contribution < 1.29 is 18.0 Å². The van der Waals surface area contributed by atoms with E-state index in [9.17, 15) is 18.0 Å². The lowest BCUT2D eigenvalue weighted by Gasteiger charge is -2.33. The molecule has 1 aromatic rings. The summed E-state index contributed by atoms with van der Waals surface area (Å²) in [4.78, 5) is 17.8. The van der Waals surface area contributed by atoms with Crippen molar-refractivity contribution in [1.82, 2.24) is 15.2 Å². The van der Waals surface area contributed by atoms with Crippen molar-refractivity contribution in [1.29, 1.82) is 0 Å². The van der Waals surface area contributed by atoms with Gasteiger partial charge in [0.25, 0.3) is 5.91 Å². The predicted octanol–water partition coefficient (Wildman–Crippen LogP) is 2.48. The lowest BCUT2D eigenvalue weighted by molar-refractivity contribution is -0.141. The zero-order valence-electron chi connectivity index (χ0n) is 12.7. The molecule has 22 heavy (non-hydrogen) atoms. The van der Waals surface area contributed by atoms with Crippen LogP contribution in [0.1, 0.15) is 34.6 Å². The molecule has 1 aromatic heterocycles. The Labute approximate surface area is 127 Å². The summed E-state index contributed by atoms with van der Waals surface area (Å²) in [5.41, 5.74) is -0.595. The molecule has 0 bridgehead atoms. The standard InChI is InChI=1S/C15H20F3N3O/c1-10-12(5-6-13(20-10)15(16,17)18)14(22)21-7-3-4-11(9-21)8-19-2/h5-6,11,19H,3-4,7-9H2,1-2H3. The number of nitrogens with one attached hydrogen (secondary N) is 1. The van der Waals surface area contributed by atoms with E-state index in [0.717, 1.165) is 25.5 Å². The van der Waals surface area contributed by atoms with Crippen molar-refractivity contribution in [2.75, 3.05) is 26.7 Å². The molecule has 122 valence electrons. The van der Waals surface area contributed by atoms with E-state index in [1.54, 1.807) is 4.90 Å². The van der Waals surface area contributed by atoms with Gasteiger partial charge in [-0.1, -0.05) is 0 Å². The summed E-state index contributed by atoms with van der Waals surface area (Å²) in [6.07, 6.45) is -2.53. The molecule has 1 atom stereocenters. The number of carbonyl (C=O) groups excluding carboxylic acids is 1. The van der Waals surface area contributed by atoms with Crippen LogP contribution >= 0.6 is 0 Å². The molecule has 2 rings (SSSR count). The van der Waals surface area contributed by atoms with E-state index in [2.05, 4.69) is 10.3 Å². The van der Waals surface area contributed by atoms with Crippen molar-refractivity contribution >= 4 is 5.91 Å². The first kappa shape index (κ1) is 16.7. The summed E-state index contributed by atoms with van der Waals surface area (Å²) in [6.45, 7) is 3.53. The number of carbonyl (C=O) groups is 1. The smallest absolute Gasteiger partial charge is 0.338 e. The van der Waals surface area contributed by atoms with Crippen LogP contribution in [0.25, 0.3) is 0 Å². The maximum atomic E-state index is 12.6. The van der Waals surface area contributed by atoms with Crippen molar-refractivity contribution in [3.05, 3.63) is 29.1 Å². The molecule has 0 aromatic carbocycles. The molecule has 1 N–H and O–H groups in total. The van der Waals surface area contributed by atoms with Crippen LogP contribution in [0.3, 0.4) is 0 Å². The Kier molecular flexibility index (Phi) is 5.05. The summed E-state index contributed by atoms with van der Waals surface area (Å²) >= 11 is 0. The Balaban J connectivity index is 2.15. The lowest BCUT2D eigenvalue weighted by atomic mass is 9.97. The second-order valence-electron chi connectivity index (χ2n) is 5.64. The van der Waals surface area contributed by atoms with Gasteiger partial charge in [0.05, 0.1) is 11.3 Å². The second-order valence-corrected chi connectivity index (χ2v) is 5.64. The fourth-order valence-corrected chi connectivity index (χ4v) is 2.82. The summed E-state index contributed by atoms with van der Waals surface area (Å²) < 4.78 is 37.9. The average molecular weight is 315 g/mol. The van der Waals surface area contributed by atoms with Crippen LogP contribution in [0.2, 0.25) is 0 Å². The molecule has 1 aliphatic rings. The quantitative estimate of drug-likeness (QED) is 0.932. The minimum absolute atomic E-state index is 0.121. The highest BCUT2D eigenvalue weighted by Crippen LogP contribution is 2.28. The highest BCUT2D eigenvalue weighted by atomic mass is 19.4. The minimum Gasteiger partial charge on any atom is -0.338 e. The third-order valence-electron chi connectivity index (χ3n) is 3.91. The van der Waals surface area contributed by atoms with E-state index in [1.807, 2.05) is 7.05 Å². The number of likely N-dealkylation sites (tertiary alicyclic amines) is 1. The topological polar surface area (TPSA) is 45.2 Å². The van der Waals surface area contributed by atoms with Crippen LogP contribution in [-0.2, 0) is 6.18 Å². The van der Waals surface area contributed by atoms with Gasteiger partial charge in [-0.05, 0) is 51.4 Å². The normalized spacial score (nSPS) is 19.3. The number of nitrogens with zero attached hydrogens (tertiary/aromatic N) is 2. The number of hydrogen-bond acceptors (Lipinski definition) is 3. The SMILES string of the molecule is CNCC1CCCN(C(=O)c2ccc(C(F)(F)F)nc2C)C1. The van der Waals surface area contributed by atoms with Gasteiger partial charge in [0.1, 0.15) is 5.69 Å². The summed E-state index contributed by atoms with van der Waals surface area (Å²) in [6, 6.07) is 2.10. The van der Waals surface area contributed by atoms with Gasteiger partial charge in [0.15, 0.2) is 0 Å². The molecule has 2 heterocycles. The number of hydrogen-bond donors (Lipinski definition) is 1. The first-order valence-electron chi connectivity index (χ1n) is 7.31. The number of aromatic nitrogens is 1. The number of aryl methyl sites for hydroxylation is 1. The Morgan fingerprint density at radius 1 is 1.45 bits per heavy atom. The number of amides is 1. The number of rotatable bonds is 3. The van der Waals surface area contributed by atoms with Gasteiger partial charge in [-0.2, -0.15) is 13.2 Å². The Bertz CT molecular complexity index is 543. The van der Waals surface area contributed by atoms with E-state index in [4.69, 9.17) is 0 Å². The fourth-order valence-electron chi connectivity index (χ4n) is 2.82. The summed E-state index contributed by atoms with van der Waals surface area (Å²) in [7, 11) is 1.87. The number of pyridine rings is 1. The van der Waals surface area contributed by atoms with Crippen molar-refractivity contribution in [2.24, 2.45) is 5.92 Å². The highest BCUT2D eigenvalue weighted by Gasteiger charge is 2.33. The zero-order chi connectivity index (χ0) is 16.3. The number of alkyl halides is 3. The van der Waals surface area contributed by atoms with Crippen LogP contribution in [-0.4, -0.2) is 42.5 Å². The molecule has 0 radical (unpaired) electrons. The Morgan fingerprint density at radius 3 is 2.77 bits per heavy atom. The minimum atomic E-state index is -4.49. The maximum absolute atomic E-state index is 12.6. The van der Waals surface area contributed by atoms with Gasteiger partial charge in [-0.15, -0.1) is 0 Å².